The van der Waals surface area contributed by atoms with Gasteiger partial charge in [0.05, 0.1) is 6.10 Å². The Morgan fingerprint density at radius 3 is 2.34 bits per heavy atom. The highest BCUT2D eigenvalue weighted by molar-refractivity contribution is 8.03. The van der Waals surface area contributed by atoms with Gasteiger partial charge in [0.25, 0.3) is 0 Å². The van der Waals surface area contributed by atoms with Crippen molar-refractivity contribution in [1.29, 1.82) is 0 Å². The lowest BCUT2D eigenvalue weighted by atomic mass is 9.80. The van der Waals surface area contributed by atoms with Crippen LogP contribution in [0.15, 0.2) is 72.0 Å². The summed E-state index contributed by atoms with van der Waals surface area (Å²) in [7, 11) is 0. The monoisotopic (exact) mass is 462 g/mol. The highest BCUT2D eigenvalue weighted by atomic mass is 32.2. The molecule has 2 atom stereocenters. The molecule has 1 rings (SSSR count). The topological polar surface area (TPSA) is 58.3 Å². The fraction of sp³-hybridized carbons (Fsp3) is 0.556. The molecular formula is C27H43FN2OS. The number of hydrogen-bond donors (Lipinski definition) is 3. The van der Waals surface area contributed by atoms with Crippen LogP contribution in [-0.2, 0) is 0 Å². The van der Waals surface area contributed by atoms with Crippen molar-refractivity contribution in [1.82, 2.24) is 5.32 Å². The van der Waals surface area contributed by atoms with E-state index in [-0.39, 0.29) is 5.25 Å². The van der Waals surface area contributed by atoms with Crippen molar-refractivity contribution in [3.05, 3.63) is 72.0 Å². The summed E-state index contributed by atoms with van der Waals surface area (Å²) in [6.07, 6.45) is 14.7. The highest BCUT2D eigenvalue weighted by Gasteiger charge is 2.22. The normalized spacial score (nSPS) is 21.7. The van der Waals surface area contributed by atoms with Gasteiger partial charge in [0.2, 0.25) is 0 Å². The Hall–Kier alpha value is -1.40. The van der Waals surface area contributed by atoms with Crippen LogP contribution in [0, 0.1) is 11.8 Å². The van der Waals surface area contributed by atoms with E-state index in [4.69, 9.17) is 5.73 Å². The van der Waals surface area contributed by atoms with Crippen LogP contribution in [0.4, 0.5) is 4.39 Å². The van der Waals surface area contributed by atoms with Crippen LogP contribution in [0.3, 0.4) is 0 Å². The van der Waals surface area contributed by atoms with Gasteiger partial charge in [0, 0.05) is 16.7 Å². The van der Waals surface area contributed by atoms with Crippen LogP contribution in [0.1, 0.15) is 52.4 Å². The van der Waals surface area contributed by atoms with E-state index in [9.17, 15) is 9.50 Å². The fourth-order valence-electron chi connectivity index (χ4n) is 4.04. The van der Waals surface area contributed by atoms with Crippen molar-refractivity contribution in [2.45, 2.75) is 63.7 Å². The number of aliphatic hydroxyl groups excluding tert-OH is 1. The fourth-order valence-corrected chi connectivity index (χ4v) is 5.10. The predicted molar refractivity (Wildman–Crippen MR) is 140 cm³/mol. The third-order valence-corrected chi connectivity index (χ3v) is 7.01. The largest absolute Gasteiger partial charge is 0.388 e. The van der Waals surface area contributed by atoms with Crippen LogP contribution in [0.25, 0.3) is 0 Å². The molecule has 1 saturated carbocycles. The Morgan fingerprint density at radius 2 is 1.78 bits per heavy atom. The molecule has 0 bridgehead atoms. The van der Waals surface area contributed by atoms with Crippen LogP contribution < -0.4 is 11.1 Å². The van der Waals surface area contributed by atoms with Crippen LogP contribution >= 0.6 is 11.8 Å². The summed E-state index contributed by atoms with van der Waals surface area (Å²) in [4.78, 5) is 0.934. The third kappa shape index (κ3) is 12.6. The van der Waals surface area contributed by atoms with E-state index in [0.29, 0.717) is 17.9 Å². The van der Waals surface area contributed by atoms with E-state index in [1.54, 1.807) is 17.8 Å². The molecule has 0 aromatic rings. The standard InChI is InChI=1S/C27H43FN2OS/c1-6-25(14-8-21(4)28)27(31)17-26(32-22(5)9-7-20(2)3)19-30-18-24-12-10-23(11-13-24)15-16-29/h6-9,14,23-24,26-27,30-31H,2,4-5,10-13,15-19,29H2,1,3H3/b9-7-,14-8-,25-6+. The molecular weight excluding hydrogens is 419 g/mol. The lowest BCUT2D eigenvalue weighted by Gasteiger charge is -2.29. The van der Waals surface area contributed by atoms with Crippen molar-refractivity contribution in [2.75, 3.05) is 19.6 Å². The average Bonchev–Trinajstić information content (AvgIpc) is 2.74. The number of aliphatic hydroxyl groups is 1. The third-order valence-electron chi connectivity index (χ3n) is 5.88. The summed E-state index contributed by atoms with van der Waals surface area (Å²) >= 11 is 1.66. The van der Waals surface area contributed by atoms with E-state index < -0.39 is 11.9 Å². The van der Waals surface area contributed by atoms with Crippen LogP contribution in [0.2, 0.25) is 0 Å². The zero-order chi connectivity index (χ0) is 23.9. The maximum atomic E-state index is 13.0. The van der Waals surface area contributed by atoms with Gasteiger partial charge in [-0.15, -0.1) is 11.8 Å². The van der Waals surface area contributed by atoms with Crippen LogP contribution in [0.5, 0.6) is 0 Å². The molecule has 1 aliphatic rings. The molecule has 0 amide bonds. The van der Waals surface area contributed by atoms with Gasteiger partial charge in [-0.05, 0) is 82.2 Å². The van der Waals surface area contributed by atoms with Gasteiger partial charge in [0.15, 0.2) is 0 Å². The maximum Gasteiger partial charge on any atom is 0.116 e. The number of halogens is 1. The summed E-state index contributed by atoms with van der Waals surface area (Å²) in [5.41, 5.74) is 7.37. The minimum absolute atomic E-state index is 0.137. The van der Waals surface area contributed by atoms with Gasteiger partial charge < -0.3 is 16.2 Å². The summed E-state index contributed by atoms with van der Waals surface area (Å²) in [5, 5.41) is 14.5. The predicted octanol–water partition coefficient (Wildman–Crippen LogP) is 6.22. The van der Waals surface area contributed by atoms with E-state index in [2.05, 4.69) is 25.1 Å². The molecule has 0 saturated heterocycles. The van der Waals surface area contributed by atoms with Gasteiger partial charge in [0.1, 0.15) is 5.83 Å². The second-order valence-electron chi connectivity index (χ2n) is 8.83. The first kappa shape index (κ1) is 28.6. The summed E-state index contributed by atoms with van der Waals surface area (Å²) in [5.74, 6) is 0.977. The Morgan fingerprint density at radius 1 is 1.12 bits per heavy atom. The molecule has 1 fully saturated rings. The first-order valence-corrected chi connectivity index (χ1v) is 12.6. The number of nitrogens with two attached hydrogens (primary N) is 1. The molecule has 5 heteroatoms. The minimum atomic E-state index is -0.681. The Balaban J connectivity index is 2.66. The molecule has 2 unspecified atom stereocenters. The summed E-state index contributed by atoms with van der Waals surface area (Å²) in [6.45, 7) is 17.6. The van der Waals surface area contributed by atoms with E-state index in [1.165, 1.54) is 31.8 Å². The second kappa shape index (κ2) is 16.2. The molecule has 0 aromatic carbocycles. The molecule has 0 aromatic heterocycles. The molecule has 180 valence electrons. The first-order chi connectivity index (χ1) is 15.2. The van der Waals surface area contributed by atoms with Crippen molar-refractivity contribution < 1.29 is 9.50 Å². The van der Waals surface area contributed by atoms with E-state index in [0.717, 1.165) is 42.5 Å². The van der Waals surface area contributed by atoms with Gasteiger partial charge in [-0.3, -0.25) is 0 Å². The average molecular weight is 463 g/mol. The van der Waals surface area contributed by atoms with Crippen LogP contribution in [-0.4, -0.2) is 36.1 Å². The molecule has 0 heterocycles. The Bertz CT molecular complexity index is 690. The molecule has 0 radical (unpaired) electrons. The van der Waals surface area contributed by atoms with Gasteiger partial charge in [-0.2, -0.15) is 0 Å². The SMILES string of the molecule is C=C(C)/C=C\C(=C)SC(CNCC1CCC(CCN)CC1)CC(O)C(/C=C\C(=C)F)=C/C. The zero-order valence-corrected chi connectivity index (χ0v) is 20.8. The molecule has 1 aliphatic carbocycles. The number of nitrogens with one attached hydrogen (secondary N) is 1. The van der Waals surface area contributed by atoms with E-state index in [1.807, 2.05) is 32.1 Å². The number of rotatable bonds is 15. The number of allylic oxidation sites excluding steroid dienone is 6. The molecule has 32 heavy (non-hydrogen) atoms. The summed E-state index contributed by atoms with van der Waals surface area (Å²) in [6, 6.07) is 0. The zero-order valence-electron chi connectivity index (χ0n) is 20.0. The second-order valence-corrected chi connectivity index (χ2v) is 10.3. The quantitative estimate of drug-likeness (QED) is 0.253. The first-order valence-electron chi connectivity index (χ1n) is 11.7. The molecule has 4 N–H and O–H groups in total. The summed E-state index contributed by atoms with van der Waals surface area (Å²) < 4.78 is 13.0. The molecule has 3 nitrogen and oxygen atoms in total. The Kier molecular flexibility index (Phi) is 14.5. The maximum absolute atomic E-state index is 13.0. The number of hydrogen-bond acceptors (Lipinski definition) is 4. The van der Waals surface area contributed by atoms with Crippen molar-refractivity contribution >= 4 is 11.8 Å². The van der Waals surface area contributed by atoms with Gasteiger partial charge in [-0.25, -0.2) is 4.39 Å². The molecule has 0 aliphatic heterocycles. The minimum Gasteiger partial charge on any atom is -0.388 e. The lowest BCUT2D eigenvalue weighted by Crippen LogP contribution is -2.33. The number of thioether (sulfide) groups is 1. The van der Waals surface area contributed by atoms with Crippen molar-refractivity contribution in [3.63, 3.8) is 0 Å². The smallest absolute Gasteiger partial charge is 0.116 e. The van der Waals surface area contributed by atoms with E-state index >= 15 is 0 Å². The highest BCUT2D eigenvalue weighted by Crippen LogP contribution is 2.31. The Labute approximate surface area is 199 Å². The lowest BCUT2D eigenvalue weighted by molar-refractivity contribution is 0.201. The van der Waals surface area contributed by atoms with Gasteiger partial charge >= 0.3 is 0 Å². The van der Waals surface area contributed by atoms with Gasteiger partial charge in [-0.1, -0.05) is 56.4 Å². The van der Waals surface area contributed by atoms with Crippen molar-refractivity contribution in [2.24, 2.45) is 17.6 Å². The van der Waals surface area contributed by atoms with Crippen molar-refractivity contribution in [3.8, 4) is 0 Å². The molecule has 0 spiro atoms.